The van der Waals surface area contributed by atoms with Crippen molar-refractivity contribution in [1.29, 1.82) is 0 Å². The minimum Gasteiger partial charge on any atom is -0.497 e. The summed E-state index contributed by atoms with van der Waals surface area (Å²) in [6, 6.07) is 15.7. The molecule has 0 N–H and O–H groups in total. The summed E-state index contributed by atoms with van der Waals surface area (Å²) in [5.74, 6) is 1.84. The second-order valence-corrected chi connectivity index (χ2v) is 6.79. The fraction of sp³-hybridized carbons (Fsp3) is 0.273. The standard InChI is InChI=1S/C22H22N2O3/c1-14-22-19(24(23-14)16-8-10-17(26-2)11-9-16)12-15(13-20(22)25)18-6-4-5-7-21(18)27-3/h4-11,15H,12-13H2,1-3H3. The van der Waals surface area contributed by atoms with Crippen molar-refractivity contribution in [2.24, 2.45) is 0 Å². The lowest BCUT2D eigenvalue weighted by Gasteiger charge is -2.24. The number of Topliss-reactive ketones (excluding diaryl/α,β-unsaturated/α-hetero) is 1. The predicted molar refractivity (Wildman–Crippen MR) is 103 cm³/mol. The third-order valence-electron chi connectivity index (χ3n) is 5.20. The SMILES string of the molecule is COc1ccc(-n2nc(C)c3c2CC(c2ccccc2OC)CC3=O)cc1. The quantitative estimate of drug-likeness (QED) is 0.701. The van der Waals surface area contributed by atoms with Gasteiger partial charge in [0.1, 0.15) is 11.5 Å². The fourth-order valence-electron chi connectivity index (χ4n) is 3.92. The van der Waals surface area contributed by atoms with Crippen LogP contribution in [0.25, 0.3) is 5.69 Å². The molecule has 0 radical (unpaired) electrons. The Morgan fingerprint density at radius 3 is 2.44 bits per heavy atom. The first-order valence-electron chi connectivity index (χ1n) is 9.01. The number of fused-ring (bicyclic) bond motifs is 1. The van der Waals surface area contributed by atoms with Crippen LogP contribution in [0.4, 0.5) is 0 Å². The molecule has 2 aromatic carbocycles. The van der Waals surface area contributed by atoms with Crippen LogP contribution in [0.2, 0.25) is 0 Å². The topological polar surface area (TPSA) is 53.4 Å². The number of aromatic nitrogens is 2. The molecule has 1 unspecified atom stereocenters. The number of methoxy groups -OCH3 is 2. The highest BCUT2D eigenvalue weighted by Gasteiger charge is 2.33. The molecule has 4 rings (SSSR count). The molecule has 5 nitrogen and oxygen atoms in total. The van der Waals surface area contributed by atoms with Crippen LogP contribution in [0.3, 0.4) is 0 Å². The summed E-state index contributed by atoms with van der Waals surface area (Å²) in [5.41, 5.74) is 4.50. The summed E-state index contributed by atoms with van der Waals surface area (Å²) in [7, 11) is 3.31. The van der Waals surface area contributed by atoms with Crippen molar-refractivity contribution < 1.29 is 14.3 Å². The summed E-state index contributed by atoms with van der Waals surface area (Å²) in [6.07, 6.45) is 1.22. The summed E-state index contributed by atoms with van der Waals surface area (Å²) in [5, 5.41) is 4.66. The number of hydrogen-bond acceptors (Lipinski definition) is 4. The molecule has 0 fully saturated rings. The van der Waals surface area contributed by atoms with E-state index in [-0.39, 0.29) is 11.7 Å². The minimum atomic E-state index is 0.0780. The molecule has 0 saturated heterocycles. The van der Waals surface area contributed by atoms with Gasteiger partial charge in [-0.3, -0.25) is 4.79 Å². The molecular weight excluding hydrogens is 340 g/mol. The number of rotatable bonds is 4. The van der Waals surface area contributed by atoms with Crippen molar-refractivity contribution in [1.82, 2.24) is 9.78 Å². The normalized spacial score (nSPS) is 16.1. The zero-order valence-corrected chi connectivity index (χ0v) is 15.7. The number of benzene rings is 2. The third-order valence-corrected chi connectivity index (χ3v) is 5.20. The van der Waals surface area contributed by atoms with Crippen LogP contribution in [0.5, 0.6) is 11.5 Å². The molecule has 1 atom stereocenters. The first-order chi connectivity index (χ1) is 13.1. The van der Waals surface area contributed by atoms with Gasteiger partial charge < -0.3 is 9.47 Å². The molecule has 138 valence electrons. The Hall–Kier alpha value is -3.08. The van der Waals surface area contributed by atoms with Crippen LogP contribution in [0.15, 0.2) is 48.5 Å². The number of para-hydroxylation sites is 1. The number of ether oxygens (including phenoxy) is 2. The Bertz CT molecular complexity index is 989. The van der Waals surface area contributed by atoms with E-state index in [1.165, 1.54) is 0 Å². The number of aryl methyl sites for hydroxylation is 1. The average molecular weight is 362 g/mol. The number of carbonyl (C=O) groups is 1. The van der Waals surface area contributed by atoms with Crippen molar-refractivity contribution in [2.45, 2.75) is 25.7 Å². The van der Waals surface area contributed by atoms with Gasteiger partial charge in [-0.05, 0) is 49.2 Å². The summed E-state index contributed by atoms with van der Waals surface area (Å²) < 4.78 is 12.7. The van der Waals surface area contributed by atoms with Gasteiger partial charge >= 0.3 is 0 Å². The van der Waals surface area contributed by atoms with E-state index in [1.54, 1.807) is 14.2 Å². The Morgan fingerprint density at radius 2 is 1.74 bits per heavy atom. The van der Waals surface area contributed by atoms with Gasteiger partial charge in [-0.15, -0.1) is 0 Å². The van der Waals surface area contributed by atoms with Crippen molar-refractivity contribution in [3.63, 3.8) is 0 Å². The van der Waals surface area contributed by atoms with E-state index >= 15 is 0 Å². The van der Waals surface area contributed by atoms with E-state index in [4.69, 9.17) is 9.47 Å². The maximum absolute atomic E-state index is 12.9. The maximum Gasteiger partial charge on any atom is 0.167 e. The maximum atomic E-state index is 12.9. The molecule has 1 heterocycles. The Kier molecular flexibility index (Phi) is 4.44. The number of ketones is 1. The zero-order valence-electron chi connectivity index (χ0n) is 15.7. The lowest BCUT2D eigenvalue weighted by molar-refractivity contribution is 0.0963. The van der Waals surface area contributed by atoms with Gasteiger partial charge in [0.15, 0.2) is 5.78 Å². The first kappa shape index (κ1) is 17.3. The monoisotopic (exact) mass is 362 g/mol. The summed E-state index contributed by atoms with van der Waals surface area (Å²) >= 11 is 0. The van der Waals surface area contributed by atoms with Crippen LogP contribution in [-0.2, 0) is 6.42 Å². The molecule has 1 aliphatic carbocycles. The average Bonchev–Trinajstić information content (AvgIpc) is 3.05. The molecule has 27 heavy (non-hydrogen) atoms. The number of hydrogen-bond donors (Lipinski definition) is 0. The van der Waals surface area contributed by atoms with Crippen molar-refractivity contribution >= 4 is 5.78 Å². The van der Waals surface area contributed by atoms with Gasteiger partial charge in [0.25, 0.3) is 0 Å². The van der Waals surface area contributed by atoms with Gasteiger partial charge in [-0.1, -0.05) is 18.2 Å². The molecule has 0 bridgehead atoms. The molecule has 1 aliphatic rings. The lowest BCUT2D eigenvalue weighted by Crippen LogP contribution is -2.21. The van der Waals surface area contributed by atoms with Gasteiger partial charge in [0, 0.05) is 12.3 Å². The first-order valence-corrected chi connectivity index (χ1v) is 9.01. The third kappa shape index (κ3) is 2.99. The van der Waals surface area contributed by atoms with E-state index in [9.17, 15) is 4.79 Å². The molecule has 3 aromatic rings. The van der Waals surface area contributed by atoms with Crippen molar-refractivity contribution in [2.75, 3.05) is 14.2 Å². The van der Waals surface area contributed by atoms with Gasteiger partial charge in [-0.2, -0.15) is 5.10 Å². The molecule has 0 aliphatic heterocycles. The molecule has 1 aromatic heterocycles. The largest absolute Gasteiger partial charge is 0.497 e. The van der Waals surface area contributed by atoms with Gasteiger partial charge in [0.05, 0.1) is 36.9 Å². The van der Waals surface area contributed by atoms with E-state index in [2.05, 4.69) is 5.10 Å². The molecule has 0 saturated carbocycles. The van der Waals surface area contributed by atoms with Crippen LogP contribution in [0.1, 0.15) is 39.6 Å². The zero-order chi connectivity index (χ0) is 19.0. The molecule has 0 amide bonds. The minimum absolute atomic E-state index is 0.0780. The Labute approximate surface area is 158 Å². The highest BCUT2D eigenvalue weighted by molar-refractivity contribution is 6.00. The summed E-state index contributed by atoms with van der Waals surface area (Å²) in [4.78, 5) is 12.9. The van der Waals surface area contributed by atoms with Crippen molar-refractivity contribution in [3.8, 4) is 17.2 Å². The van der Waals surface area contributed by atoms with E-state index in [1.807, 2.05) is 60.1 Å². The lowest BCUT2D eigenvalue weighted by atomic mass is 9.81. The van der Waals surface area contributed by atoms with Gasteiger partial charge in [0.2, 0.25) is 0 Å². The second-order valence-electron chi connectivity index (χ2n) is 6.79. The van der Waals surface area contributed by atoms with E-state index < -0.39 is 0 Å². The number of nitrogens with zero attached hydrogens (tertiary/aromatic N) is 2. The van der Waals surface area contributed by atoms with Crippen LogP contribution in [0, 0.1) is 6.92 Å². The fourth-order valence-corrected chi connectivity index (χ4v) is 3.92. The highest BCUT2D eigenvalue weighted by atomic mass is 16.5. The van der Waals surface area contributed by atoms with E-state index in [0.717, 1.165) is 46.1 Å². The van der Waals surface area contributed by atoms with Crippen molar-refractivity contribution in [3.05, 3.63) is 71.0 Å². The van der Waals surface area contributed by atoms with Crippen LogP contribution >= 0.6 is 0 Å². The van der Waals surface area contributed by atoms with Crippen LogP contribution in [-0.4, -0.2) is 29.8 Å². The second kappa shape index (κ2) is 6.91. The predicted octanol–water partition coefficient (Wildman–Crippen LogP) is 4.11. The molecule has 5 heteroatoms. The Morgan fingerprint density at radius 1 is 1.00 bits per heavy atom. The molecule has 0 spiro atoms. The van der Waals surface area contributed by atoms with E-state index in [0.29, 0.717) is 6.42 Å². The van der Waals surface area contributed by atoms with Crippen LogP contribution < -0.4 is 9.47 Å². The summed E-state index contributed by atoms with van der Waals surface area (Å²) in [6.45, 7) is 1.90. The van der Waals surface area contributed by atoms with Gasteiger partial charge in [-0.25, -0.2) is 4.68 Å². The highest BCUT2D eigenvalue weighted by Crippen LogP contribution is 2.38. The Balaban J connectivity index is 1.78. The molecular formula is C22H22N2O3. The number of carbonyl (C=O) groups excluding carboxylic acids is 1. The smallest absolute Gasteiger partial charge is 0.167 e.